The first-order valence-electron chi connectivity index (χ1n) is 2.49. The predicted octanol–water partition coefficient (Wildman–Crippen LogP) is 1.41. The minimum absolute atomic E-state index is 0. The quantitative estimate of drug-likeness (QED) is 0.478. The molecule has 1 aliphatic heterocycles. The highest BCUT2D eigenvalue weighted by Gasteiger charge is 2.23. The predicted molar refractivity (Wildman–Crippen MR) is 32.7 cm³/mol. The molecule has 1 rings (SSSR count). The van der Waals surface area contributed by atoms with E-state index in [1.165, 1.54) is 0 Å². The lowest BCUT2D eigenvalue weighted by Crippen LogP contribution is -2.18. The number of hydrogen-bond donors (Lipinski definition) is 0. The van der Waals surface area contributed by atoms with Crippen LogP contribution in [0.1, 0.15) is 21.3 Å². The van der Waals surface area contributed by atoms with Crippen LogP contribution in [0.25, 0.3) is 0 Å². The Hall–Kier alpha value is -0.0800. The van der Waals surface area contributed by atoms with Gasteiger partial charge in [0.1, 0.15) is 0 Å². The van der Waals surface area contributed by atoms with Gasteiger partial charge in [-0.1, -0.05) is 7.43 Å². The Balaban J connectivity index is 0.000000490. The average Bonchev–Trinajstić information content (AvgIpc) is 1.84. The van der Waals surface area contributed by atoms with Crippen molar-refractivity contribution in [2.24, 2.45) is 0 Å². The summed E-state index contributed by atoms with van der Waals surface area (Å²) in [6.07, 6.45) is 0. The van der Waals surface area contributed by atoms with Gasteiger partial charge in [-0.2, -0.15) is 0 Å². The number of rotatable bonds is 0. The fourth-order valence-corrected chi connectivity index (χ4v) is 0.617. The minimum atomic E-state index is -0.306. The van der Waals surface area contributed by atoms with Crippen molar-refractivity contribution < 1.29 is 9.47 Å². The molecule has 1 aliphatic rings. The van der Waals surface area contributed by atoms with E-state index in [-0.39, 0.29) is 13.2 Å². The van der Waals surface area contributed by atoms with Gasteiger partial charge in [-0.05, 0) is 13.8 Å². The van der Waals surface area contributed by atoms with Crippen molar-refractivity contribution in [2.45, 2.75) is 27.1 Å². The lowest BCUT2D eigenvalue weighted by Gasteiger charge is -2.13. The summed E-state index contributed by atoms with van der Waals surface area (Å²) in [5.41, 5.74) is 0. The van der Waals surface area contributed by atoms with Crippen LogP contribution < -0.4 is 0 Å². The maximum atomic E-state index is 5.12. The fraction of sp³-hybridized carbons (Fsp3) is 1.00. The SMILES string of the molecule is C.CC1(C)OCCO1. The van der Waals surface area contributed by atoms with Crippen molar-refractivity contribution >= 4 is 0 Å². The van der Waals surface area contributed by atoms with Crippen LogP contribution in [0.15, 0.2) is 0 Å². The summed E-state index contributed by atoms with van der Waals surface area (Å²) >= 11 is 0. The Kier molecular flexibility index (Phi) is 2.44. The van der Waals surface area contributed by atoms with Gasteiger partial charge in [-0.15, -0.1) is 0 Å². The molecule has 1 heterocycles. The molecule has 0 radical (unpaired) electrons. The zero-order chi connectivity index (χ0) is 5.33. The molecule has 0 atom stereocenters. The third-order valence-corrected chi connectivity index (χ3v) is 0.983. The molecule has 1 saturated heterocycles. The molecule has 0 aliphatic carbocycles. The van der Waals surface area contributed by atoms with Crippen molar-refractivity contribution in [2.75, 3.05) is 13.2 Å². The van der Waals surface area contributed by atoms with E-state index in [4.69, 9.17) is 9.47 Å². The van der Waals surface area contributed by atoms with Gasteiger partial charge in [0.2, 0.25) is 0 Å². The second kappa shape index (κ2) is 2.46. The van der Waals surface area contributed by atoms with Crippen LogP contribution in [0.3, 0.4) is 0 Å². The Bertz CT molecular complexity index is 60.9. The minimum Gasteiger partial charge on any atom is -0.348 e. The first-order valence-corrected chi connectivity index (χ1v) is 2.49. The second-order valence-electron chi connectivity index (χ2n) is 2.10. The van der Waals surface area contributed by atoms with Gasteiger partial charge < -0.3 is 9.47 Å². The van der Waals surface area contributed by atoms with E-state index in [2.05, 4.69) is 0 Å². The zero-order valence-corrected chi connectivity index (χ0v) is 4.73. The standard InChI is InChI=1S/C5H10O2.CH4/c1-5(2)6-3-4-7-5;/h3-4H2,1-2H3;1H4. The fourth-order valence-electron chi connectivity index (χ4n) is 0.617. The van der Waals surface area contributed by atoms with E-state index in [9.17, 15) is 0 Å². The smallest absolute Gasteiger partial charge is 0.162 e. The summed E-state index contributed by atoms with van der Waals surface area (Å²) < 4.78 is 10.2. The lowest BCUT2D eigenvalue weighted by molar-refractivity contribution is -0.125. The molecule has 0 saturated carbocycles. The van der Waals surface area contributed by atoms with E-state index < -0.39 is 0 Å². The van der Waals surface area contributed by atoms with Gasteiger partial charge in [-0.3, -0.25) is 0 Å². The van der Waals surface area contributed by atoms with Crippen LogP contribution in [0.2, 0.25) is 0 Å². The van der Waals surface area contributed by atoms with E-state index in [0.717, 1.165) is 13.2 Å². The molecule has 0 aromatic rings. The molecular weight excluding hydrogens is 104 g/mol. The van der Waals surface area contributed by atoms with Gasteiger partial charge >= 0.3 is 0 Å². The molecule has 0 unspecified atom stereocenters. The second-order valence-corrected chi connectivity index (χ2v) is 2.10. The van der Waals surface area contributed by atoms with E-state index in [0.29, 0.717) is 0 Å². The first kappa shape index (κ1) is 7.92. The summed E-state index contributed by atoms with van der Waals surface area (Å²) in [7, 11) is 0. The molecule has 2 nitrogen and oxygen atoms in total. The van der Waals surface area contributed by atoms with Crippen molar-refractivity contribution in [3.05, 3.63) is 0 Å². The van der Waals surface area contributed by atoms with Crippen molar-refractivity contribution in [3.8, 4) is 0 Å². The van der Waals surface area contributed by atoms with Gasteiger partial charge in [0.25, 0.3) is 0 Å². The number of hydrogen-bond acceptors (Lipinski definition) is 2. The van der Waals surface area contributed by atoms with Crippen molar-refractivity contribution in [1.82, 2.24) is 0 Å². The molecule has 2 heteroatoms. The van der Waals surface area contributed by atoms with Crippen LogP contribution in [0.5, 0.6) is 0 Å². The van der Waals surface area contributed by atoms with Crippen LogP contribution in [-0.2, 0) is 9.47 Å². The Morgan fingerprint density at radius 2 is 1.50 bits per heavy atom. The van der Waals surface area contributed by atoms with Gasteiger partial charge in [0.05, 0.1) is 13.2 Å². The van der Waals surface area contributed by atoms with E-state index in [1.54, 1.807) is 0 Å². The van der Waals surface area contributed by atoms with Crippen LogP contribution in [0, 0.1) is 0 Å². The molecule has 0 bridgehead atoms. The van der Waals surface area contributed by atoms with E-state index >= 15 is 0 Å². The molecule has 8 heavy (non-hydrogen) atoms. The Morgan fingerprint density at radius 1 is 1.12 bits per heavy atom. The molecule has 0 spiro atoms. The molecular formula is C6H14O2. The maximum Gasteiger partial charge on any atom is 0.162 e. The normalized spacial score (nSPS) is 24.8. The van der Waals surface area contributed by atoms with Gasteiger partial charge in [0.15, 0.2) is 5.79 Å². The van der Waals surface area contributed by atoms with Crippen LogP contribution in [-0.4, -0.2) is 19.0 Å². The molecule has 0 N–H and O–H groups in total. The summed E-state index contributed by atoms with van der Waals surface area (Å²) in [5.74, 6) is -0.306. The molecule has 0 amide bonds. The monoisotopic (exact) mass is 118 g/mol. The van der Waals surface area contributed by atoms with Crippen LogP contribution >= 0.6 is 0 Å². The topological polar surface area (TPSA) is 18.5 Å². The highest BCUT2D eigenvalue weighted by Crippen LogP contribution is 2.15. The first-order chi connectivity index (χ1) is 3.21. The highest BCUT2D eigenvalue weighted by atomic mass is 16.7. The Morgan fingerprint density at radius 3 is 1.62 bits per heavy atom. The molecule has 0 aromatic carbocycles. The largest absolute Gasteiger partial charge is 0.348 e. The van der Waals surface area contributed by atoms with Crippen molar-refractivity contribution in [1.29, 1.82) is 0 Å². The summed E-state index contributed by atoms with van der Waals surface area (Å²) in [6.45, 7) is 5.32. The zero-order valence-electron chi connectivity index (χ0n) is 4.73. The maximum absolute atomic E-state index is 5.12. The third-order valence-electron chi connectivity index (χ3n) is 0.983. The Labute approximate surface area is 50.8 Å². The summed E-state index contributed by atoms with van der Waals surface area (Å²) in [5, 5.41) is 0. The summed E-state index contributed by atoms with van der Waals surface area (Å²) in [6, 6.07) is 0. The molecule has 1 fully saturated rings. The van der Waals surface area contributed by atoms with Gasteiger partial charge in [0, 0.05) is 0 Å². The average molecular weight is 118 g/mol. The van der Waals surface area contributed by atoms with Gasteiger partial charge in [-0.25, -0.2) is 0 Å². The molecule has 0 aromatic heterocycles. The summed E-state index contributed by atoms with van der Waals surface area (Å²) in [4.78, 5) is 0. The van der Waals surface area contributed by atoms with Crippen molar-refractivity contribution in [3.63, 3.8) is 0 Å². The van der Waals surface area contributed by atoms with Crippen LogP contribution in [0.4, 0.5) is 0 Å². The van der Waals surface area contributed by atoms with E-state index in [1.807, 2.05) is 13.8 Å². The highest BCUT2D eigenvalue weighted by molar-refractivity contribution is 4.58. The number of ether oxygens (including phenoxy) is 2. The molecule has 50 valence electrons. The third kappa shape index (κ3) is 1.80. The lowest BCUT2D eigenvalue weighted by atomic mass is 10.4.